The van der Waals surface area contributed by atoms with Crippen molar-refractivity contribution >= 4 is 0 Å². The minimum absolute atomic E-state index is 0.515. The Kier molecular flexibility index (Phi) is 3.07. The molecule has 0 saturated carbocycles. The van der Waals surface area contributed by atoms with Crippen LogP contribution in [0.15, 0.2) is 24.3 Å². The summed E-state index contributed by atoms with van der Waals surface area (Å²) in [4.78, 5) is 2.50. The van der Waals surface area contributed by atoms with Gasteiger partial charge in [0.05, 0.1) is 11.6 Å². The van der Waals surface area contributed by atoms with Gasteiger partial charge in [-0.1, -0.05) is 18.2 Å². The van der Waals surface area contributed by atoms with Crippen LogP contribution in [0.5, 0.6) is 0 Å². The van der Waals surface area contributed by atoms with Gasteiger partial charge in [-0.05, 0) is 43.0 Å². The lowest BCUT2D eigenvalue weighted by atomic mass is 9.86. The van der Waals surface area contributed by atoms with Gasteiger partial charge < -0.3 is 5.32 Å². The lowest BCUT2D eigenvalue weighted by molar-refractivity contribution is 0.268. The van der Waals surface area contributed by atoms with Crippen LogP contribution in [0.2, 0.25) is 0 Å². The molecule has 1 unspecified atom stereocenters. The zero-order chi connectivity index (χ0) is 12.4. The van der Waals surface area contributed by atoms with Crippen LogP contribution in [0.3, 0.4) is 0 Å². The summed E-state index contributed by atoms with van der Waals surface area (Å²) in [6, 6.07) is 10.3. The van der Waals surface area contributed by atoms with E-state index in [0.29, 0.717) is 5.41 Å². The summed E-state index contributed by atoms with van der Waals surface area (Å²) in [6.07, 6.45) is 2.61. The second-order valence-electron chi connectivity index (χ2n) is 5.66. The van der Waals surface area contributed by atoms with Gasteiger partial charge >= 0.3 is 0 Å². The normalized spacial score (nSPS) is 27.7. The molecule has 2 fully saturated rings. The SMILES string of the molecule is N#Cc1ccccc1CN1CCC2(CCNC2)C1. The number of nitriles is 1. The monoisotopic (exact) mass is 241 g/mol. The maximum Gasteiger partial charge on any atom is 0.0995 e. The number of hydrogen-bond donors (Lipinski definition) is 1. The van der Waals surface area contributed by atoms with Crippen LogP contribution in [0.1, 0.15) is 24.0 Å². The Hall–Kier alpha value is -1.37. The van der Waals surface area contributed by atoms with Crippen molar-refractivity contribution in [2.45, 2.75) is 19.4 Å². The fourth-order valence-electron chi connectivity index (χ4n) is 3.31. The van der Waals surface area contributed by atoms with Crippen LogP contribution < -0.4 is 5.32 Å². The average molecular weight is 241 g/mol. The maximum atomic E-state index is 9.12. The molecule has 1 aromatic carbocycles. The Labute approximate surface area is 108 Å². The van der Waals surface area contributed by atoms with E-state index in [1.807, 2.05) is 18.2 Å². The Morgan fingerprint density at radius 3 is 3.00 bits per heavy atom. The molecule has 0 amide bonds. The van der Waals surface area contributed by atoms with Gasteiger partial charge in [0.15, 0.2) is 0 Å². The van der Waals surface area contributed by atoms with Crippen molar-refractivity contribution in [1.82, 2.24) is 10.2 Å². The van der Waals surface area contributed by atoms with Crippen molar-refractivity contribution in [3.05, 3.63) is 35.4 Å². The highest BCUT2D eigenvalue weighted by molar-refractivity contribution is 5.37. The molecule has 3 rings (SSSR count). The van der Waals surface area contributed by atoms with E-state index in [0.717, 1.165) is 12.1 Å². The van der Waals surface area contributed by atoms with Crippen molar-refractivity contribution in [2.24, 2.45) is 5.41 Å². The van der Waals surface area contributed by atoms with Gasteiger partial charge in [0.2, 0.25) is 0 Å². The molecule has 18 heavy (non-hydrogen) atoms. The summed E-state index contributed by atoms with van der Waals surface area (Å²) in [5.41, 5.74) is 2.51. The average Bonchev–Trinajstić information content (AvgIpc) is 3.01. The summed E-state index contributed by atoms with van der Waals surface area (Å²) >= 11 is 0. The Bertz CT molecular complexity index is 469. The van der Waals surface area contributed by atoms with Gasteiger partial charge in [-0.25, -0.2) is 0 Å². The van der Waals surface area contributed by atoms with Crippen LogP contribution in [-0.2, 0) is 6.54 Å². The summed E-state index contributed by atoms with van der Waals surface area (Å²) < 4.78 is 0. The quantitative estimate of drug-likeness (QED) is 0.857. The molecule has 0 aromatic heterocycles. The predicted octanol–water partition coefficient (Wildman–Crippen LogP) is 1.74. The van der Waals surface area contributed by atoms with Crippen LogP contribution in [0.25, 0.3) is 0 Å². The van der Waals surface area contributed by atoms with Gasteiger partial charge in [0.1, 0.15) is 0 Å². The Morgan fingerprint density at radius 2 is 2.22 bits per heavy atom. The highest BCUT2D eigenvalue weighted by Crippen LogP contribution is 2.36. The second kappa shape index (κ2) is 4.72. The first-order valence-electron chi connectivity index (χ1n) is 6.72. The third kappa shape index (κ3) is 2.14. The fraction of sp³-hybridized carbons (Fsp3) is 0.533. The van der Waals surface area contributed by atoms with Gasteiger partial charge in [-0.2, -0.15) is 5.26 Å². The lowest BCUT2D eigenvalue weighted by Gasteiger charge is -2.23. The molecule has 0 radical (unpaired) electrons. The number of hydrogen-bond acceptors (Lipinski definition) is 3. The van der Waals surface area contributed by atoms with E-state index in [-0.39, 0.29) is 0 Å². The Balaban J connectivity index is 1.69. The number of nitrogens with zero attached hydrogens (tertiary/aromatic N) is 2. The largest absolute Gasteiger partial charge is 0.316 e. The van der Waals surface area contributed by atoms with Gasteiger partial charge in [-0.15, -0.1) is 0 Å². The van der Waals surface area contributed by atoms with Crippen molar-refractivity contribution < 1.29 is 0 Å². The van der Waals surface area contributed by atoms with Crippen molar-refractivity contribution in [2.75, 3.05) is 26.2 Å². The lowest BCUT2D eigenvalue weighted by Crippen LogP contribution is -2.29. The molecule has 1 aromatic rings. The first-order chi connectivity index (χ1) is 8.81. The number of nitrogens with one attached hydrogen (secondary N) is 1. The summed E-state index contributed by atoms with van der Waals surface area (Å²) in [5, 5.41) is 12.6. The molecule has 2 aliphatic heterocycles. The summed E-state index contributed by atoms with van der Waals surface area (Å²) in [7, 11) is 0. The highest BCUT2D eigenvalue weighted by Gasteiger charge is 2.40. The van der Waals surface area contributed by atoms with Crippen LogP contribution in [-0.4, -0.2) is 31.1 Å². The maximum absolute atomic E-state index is 9.12. The summed E-state index contributed by atoms with van der Waals surface area (Å²) in [5.74, 6) is 0. The number of likely N-dealkylation sites (tertiary alicyclic amines) is 1. The number of benzene rings is 1. The van der Waals surface area contributed by atoms with Gasteiger partial charge in [0, 0.05) is 19.6 Å². The first kappa shape index (κ1) is 11.7. The molecule has 2 heterocycles. The molecular weight excluding hydrogens is 222 g/mol. The smallest absolute Gasteiger partial charge is 0.0995 e. The molecule has 2 aliphatic rings. The highest BCUT2D eigenvalue weighted by atomic mass is 15.2. The van der Waals surface area contributed by atoms with E-state index >= 15 is 0 Å². The van der Waals surface area contributed by atoms with Crippen molar-refractivity contribution in [3.8, 4) is 6.07 Å². The third-order valence-corrected chi connectivity index (χ3v) is 4.38. The van der Waals surface area contributed by atoms with Crippen LogP contribution >= 0.6 is 0 Å². The van der Waals surface area contributed by atoms with Crippen LogP contribution in [0.4, 0.5) is 0 Å². The predicted molar refractivity (Wildman–Crippen MR) is 71.0 cm³/mol. The van der Waals surface area contributed by atoms with Gasteiger partial charge in [-0.3, -0.25) is 4.90 Å². The zero-order valence-electron chi connectivity index (χ0n) is 10.7. The fourth-order valence-corrected chi connectivity index (χ4v) is 3.31. The second-order valence-corrected chi connectivity index (χ2v) is 5.66. The molecule has 3 nitrogen and oxygen atoms in total. The van der Waals surface area contributed by atoms with E-state index in [9.17, 15) is 0 Å². The minimum Gasteiger partial charge on any atom is -0.316 e. The van der Waals surface area contributed by atoms with Crippen LogP contribution in [0, 0.1) is 16.7 Å². The minimum atomic E-state index is 0.515. The summed E-state index contributed by atoms with van der Waals surface area (Å²) in [6.45, 7) is 5.61. The van der Waals surface area contributed by atoms with E-state index in [4.69, 9.17) is 5.26 Å². The van der Waals surface area contributed by atoms with E-state index < -0.39 is 0 Å². The molecular formula is C15H19N3. The molecule has 1 spiro atoms. The topological polar surface area (TPSA) is 39.1 Å². The third-order valence-electron chi connectivity index (χ3n) is 4.38. The van der Waals surface area contributed by atoms with Crippen molar-refractivity contribution in [3.63, 3.8) is 0 Å². The molecule has 94 valence electrons. The van der Waals surface area contributed by atoms with E-state index in [2.05, 4.69) is 22.4 Å². The van der Waals surface area contributed by atoms with Gasteiger partial charge in [0.25, 0.3) is 0 Å². The Morgan fingerprint density at radius 1 is 1.33 bits per heavy atom. The van der Waals surface area contributed by atoms with Crippen molar-refractivity contribution in [1.29, 1.82) is 5.26 Å². The number of rotatable bonds is 2. The molecule has 1 N–H and O–H groups in total. The molecule has 0 bridgehead atoms. The molecule has 2 saturated heterocycles. The first-order valence-corrected chi connectivity index (χ1v) is 6.72. The molecule has 0 aliphatic carbocycles. The van der Waals surface area contributed by atoms with E-state index in [1.54, 1.807) is 0 Å². The zero-order valence-corrected chi connectivity index (χ0v) is 10.7. The molecule has 1 atom stereocenters. The molecule has 3 heteroatoms. The van der Waals surface area contributed by atoms with E-state index in [1.165, 1.54) is 44.6 Å². The standard InChI is InChI=1S/C15H19N3/c16-9-13-3-1-2-4-14(13)10-18-8-6-15(12-18)5-7-17-11-15/h1-4,17H,5-8,10-12H2.